The fraction of sp³-hybridized carbons (Fsp3) is 0.333. The van der Waals surface area contributed by atoms with Crippen molar-refractivity contribution in [1.29, 1.82) is 0 Å². The molecular formula is C21H22FN3O3. The third-order valence-electron chi connectivity index (χ3n) is 4.71. The highest BCUT2D eigenvalue weighted by Crippen LogP contribution is 2.30. The number of hydrogen-bond donors (Lipinski definition) is 1. The van der Waals surface area contributed by atoms with Gasteiger partial charge in [-0.1, -0.05) is 18.2 Å². The molecule has 1 aliphatic rings. The number of carbonyl (C=O) groups excluding carboxylic acids is 1. The second kappa shape index (κ2) is 8.39. The van der Waals surface area contributed by atoms with Crippen LogP contribution in [0.25, 0.3) is 0 Å². The largest absolute Gasteiger partial charge is 0.467 e. The number of rotatable bonds is 9. The monoisotopic (exact) mass is 383 g/mol. The van der Waals surface area contributed by atoms with Crippen molar-refractivity contribution in [1.82, 2.24) is 15.2 Å². The smallest absolute Gasteiger partial charge is 0.273 e. The van der Waals surface area contributed by atoms with Gasteiger partial charge in [0.2, 0.25) is 5.89 Å². The summed E-state index contributed by atoms with van der Waals surface area (Å²) < 4.78 is 24.7. The molecule has 146 valence electrons. The molecule has 1 fully saturated rings. The first kappa shape index (κ1) is 18.4. The third kappa shape index (κ3) is 4.86. The standard InChI is InChI=1S/C21H22FN3O3/c22-18-6-2-1-4-16(18)12-25(11-15-7-8-15)13-20-24-19(14-28-20)21(26)23-10-17-5-3-9-27-17/h1-6,9,14-15H,7-8,10-13H2,(H,23,26). The Balaban J connectivity index is 1.38. The van der Waals surface area contributed by atoms with Crippen LogP contribution in [-0.2, 0) is 19.6 Å². The van der Waals surface area contributed by atoms with Crippen molar-refractivity contribution >= 4 is 5.91 Å². The van der Waals surface area contributed by atoms with Gasteiger partial charge in [0.1, 0.15) is 17.8 Å². The molecule has 2 aromatic heterocycles. The average molecular weight is 383 g/mol. The van der Waals surface area contributed by atoms with Gasteiger partial charge in [-0.2, -0.15) is 0 Å². The molecule has 1 aromatic carbocycles. The maximum atomic E-state index is 14.0. The van der Waals surface area contributed by atoms with E-state index in [1.165, 1.54) is 25.2 Å². The van der Waals surface area contributed by atoms with Crippen molar-refractivity contribution in [2.75, 3.05) is 6.54 Å². The van der Waals surface area contributed by atoms with Gasteiger partial charge in [-0.3, -0.25) is 9.69 Å². The van der Waals surface area contributed by atoms with E-state index in [0.29, 0.717) is 36.2 Å². The van der Waals surface area contributed by atoms with E-state index >= 15 is 0 Å². The lowest BCUT2D eigenvalue weighted by molar-refractivity contribution is 0.0943. The predicted molar refractivity (Wildman–Crippen MR) is 99.6 cm³/mol. The molecular weight excluding hydrogens is 361 g/mol. The summed E-state index contributed by atoms with van der Waals surface area (Å²) in [6, 6.07) is 10.3. The van der Waals surface area contributed by atoms with Crippen LogP contribution in [-0.4, -0.2) is 22.3 Å². The Morgan fingerprint density at radius 1 is 1.18 bits per heavy atom. The molecule has 0 unspecified atom stereocenters. The van der Waals surface area contributed by atoms with E-state index in [1.54, 1.807) is 30.5 Å². The number of benzene rings is 1. The fourth-order valence-electron chi connectivity index (χ4n) is 3.07. The molecule has 0 radical (unpaired) electrons. The van der Waals surface area contributed by atoms with Gasteiger partial charge >= 0.3 is 0 Å². The van der Waals surface area contributed by atoms with Crippen molar-refractivity contribution in [2.24, 2.45) is 5.92 Å². The molecule has 1 saturated carbocycles. The van der Waals surface area contributed by atoms with Gasteiger partial charge in [-0.05, 0) is 37.0 Å². The van der Waals surface area contributed by atoms with E-state index < -0.39 is 0 Å². The zero-order chi connectivity index (χ0) is 19.3. The van der Waals surface area contributed by atoms with Gasteiger partial charge in [0.15, 0.2) is 5.69 Å². The molecule has 0 spiro atoms. The summed E-state index contributed by atoms with van der Waals surface area (Å²) in [5.74, 6) is 1.21. The summed E-state index contributed by atoms with van der Waals surface area (Å²) in [6.07, 6.45) is 5.30. The van der Waals surface area contributed by atoms with Crippen LogP contribution in [0, 0.1) is 11.7 Å². The maximum Gasteiger partial charge on any atom is 0.273 e. The molecule has 0 aliphatic heterocycles. The Morgan fingerprint density at radius 2 is 2.04 bits per heavy atom. The molecule has 1 aliphatic carbocycles. The number of hydrogen-bond acceptors (Lipinski definition) is 5. The maximum absolute atomic E-state index is 14.0. The highest BCUT2D eigenvalue weighted by molar-refractivity contribution is 5.91. The first-order valence-electron chi connectivity index (χ1n) is 9.38. The van der Waals surface area contributed by atoms with Crippen molar-refractivity contribution in [3.8, 4) is 0 Å². The number of amides is 1. The van der Waals surface area contributed by atoms with Gasteiger partial charge in [-0.15, -0.1) is 0 Å². The first-order valence-corrected chi connectivity index (χ1v) is 9.38. The van der Waals surface area contributed by atoms with Gasteiger partial charge in [0, 0.05) is 18.7 Å². The van der Waals surface area contributed by atoms with Gasteiger partial charge < -0.3 is 14.2 Å². The fourth-order valence-corrected chi connectivity index (χ4v) is 3.07. The minimum absolute atomic E-state index is 0.214. The van der Waals surface area contributed by atoms with Crippen molar-refractivity contribution < 1.29 is 18.0 Å². The van der Waals surface area contributed by atoms with Crippen LogP contribution in [0.3, 0.4) is 0 Å². The zero-order valence-corrected chi connectivity index (χ0v) is 15.4. The Bertz CT molecular complexity index is 919. The van der Waals surface area contributed by atoms with Crippen LogP contribution in [0.4, 0.5) is 4.39 Å². The summed E-state index contributed by atoms with van der Waals surface area (Å²) in [7, 11) is 0. The molecule has 1 amide bonds. The number of carbonyl (C=O) groups is 1. The van der Waals surface area contributed by atoms with Crippen LogP contribution in [0.5, 0.6) is 0 Å². The summed E-state index contributed by atoms with van der Waals surface area (Å²) in [6.45, 7) is 2.05. The minimum Gasteiger partial charge on any atom is -0.467 e. The van der Waals surface area contributed by atoms with Crippen LogP contribution < -0.4 is 5.32 Å². The van der Waals surface area contributed by atoms with E-state index in [9.17, 15) is 9.18 Å². The lowest BCUT2D eigenvalue weighted by Crippen LogP contribution is -2.26. The van der Waals surface area contributed by atoms with Crippen LogP contribution in [0.1, 0.15) is 40.5 Å². The number of halogens is 1. The minimum atomic E-state index is -0.325. The molecule has 0 bridgehead atoms. The van der Waals surface area contributed by atoms with Crippen LogP contribution in [0.2, 0.25) is 0 Å². The molecule has 3 aromatic rings. The molecule has 6 nitrogen and oxygen atoms in total. The normalized spacial score (nSPS) is 13.8. The molecule has 2 heterocycles. The first-order chi connectivity index (χ1) is 13.7. The topological polar surface area (TPSA) is 71.5 Å². The quantitative estimate of drug-likeness (QED) is 0.609. The van der Waals surface area contributed by atoms with Crippen molar-refractivity contribution in [3.63, 3.8) is 0 Å². The lowest BCUT2D eigenvalue weighted by Gasteiger charge is -2.20. The average Bonchev–Trinajstić information content (AvgIpc) is 3.16. The van der Waals surface area contributed by atoms with E-state index in [1.807, 2.05) is 6.07 Å². The number of nitrogens with zero attached hydrogens (tertiary/aromatic N) is 2. The van der Waals surface area contributed by atoms with Crippen molar-refractivity contribution in [3.05, 3.63) is 77.7 Å². The lowest BCUT2D eigenvalue weighted by atomic mass is 10.2. The highest BCUT2D eigenvalue weighted by Gasteiger charge is 2.26. The number of oxazole rings is 1. The highest BCUT2D eigenvalue weighted by atomic mass is 19.1. The van der Waals surface area contributed by atoms with Crippen molar-refractivity contribution in [2.45, 2.75) is 32.5 Å². The summed E-state index contributed by atoms with van der Waals surface area (Å²) >= 11 is 0. The number of aromatic nitrogens is 1. The number of nitrogens with one attached hydrogen (secondary N) is 1. The molecule has 0 saturated heterocycles. The Morgan fingerprint density at radius 3 is 2.79 bits per heavy atom. The van der Waals surface area contributed by atoms with Crippen LogP contribution >= 0.6 is 0 Å². The Labute approximate surface area is 162 Å². The van der Waals surface area contributed by atoms with E-state index in [2.05, 4.69) is 15.2 Å². The third-order valence-corrected chi connectivity index (χ3v) is 4.71. The molecule has 4 rings (SSSR count). The van der Waals surface area contributed by atoms with Crippen LogP contribution in [0.15, 0.2) is 57.8 Å². The molecule has 7 heteroatoms. The summed E-state index contributed by atoms with van der Waals surface area (Å²) in [4.78, 5) is 18.6. The SMILES string of the molecule is O=C(NCc1ccco1)c1coc(CN(Cc2ccccc2F)CC2CC2)n1. The molecule has 28 heavy (non-hydrogen) atoms. The number of furan rings is 1. The molecule has 0 atom stereocenters. The van der Waals surface area contributed by atoms with Gasteiger partial charge in [-0.25, -0.2) is 9.37 Å². The van der Waals surface area contributed by atoms with Gasteiger partial charge in [0.05, 0.1) is 19.4 Å². The predicted octanol–water partition coefficient (Wildman–Crippen LogP) is 3.75. The Hall–Kier alpha value is -2.93. The summed E-state index contributed by atoms with van der Waals surface area (Å²) in [5, 5.41) is 2.74. The summed E-state index contributed by atoms with van der Waals surface area (Å²) in [5.41, 5.74) is 0.866. The Kier molecular flexibility index (Phi) is 5.53. The second-order valence-corrected chi connectivity index (χ2v) is 7.09. The van der Waals surface area contributed by atoms with E-state index in [-0.39, 0.29) is 24.0 Å². The van der Waals surface area contributed by atoms with Gasteiger partial charge in [0.25, 0.3) is 5.91 Å². The zero-order valence-electron chi connectivity index (χ0n) is 15.4. The van der Waals surface area contributed by atoms with E-state index in [0.717, 1.165) is 6.54 Å². The van der Waals surface area contributed by atoms with E-state index in [4.69, 9.17) is 8.83 Å². The second-order valence-electron chi connectivity index (χ2n) is 7.09. The molecule has 1 N–H and O–H groups in total.